The fourth-order valence-corrected chi connectivity index (χ4v) is 5.55. The first-order chi connectivity index (χ1) is 17.4. The number of halogens is 2. The summed E-state index contributed by atoms with van der Waals surface area (Å²) in [7, 11) is 1.61. The molecule has 36 heavy (non-hydrogen) atoms. The first-order valence-corrected chi connectivity index (χ1v) is 13.2. The number of hydrogen-bond donors (Lipinski definition) is 2. The summed E-state index contributed by atoms with van der Waals surface area (Å²) < 4.78 is 18.4. The molecule has 2 N–H and O–H groups in total. The first kappa shape index (κ1) is 26.8. The van der Waals surface area contributed by atoms with Gasteiger partial charge in [0.2, 0.25) is 0 Å². The topological polar surface area (TPSA) is 65.8 Å². The van der Waals surface area contributed by atoms with E-state index in [1.54, 1.807) is 13.3 Å². The number of pyridine rings is 1. The molecule has 1 saturated heterocycles. The summed E-state index contributed by atoms with van der Waals surface area (Å²) in [6.45, 7) is 3.05. The summed E-state index contributed by atoms with van der Waals surface area (Å²) in [4.78, 5) is 6.85. The van der Waals surface area contributed by atoms with Crippen LogP contribution in [0.4, 0.5) is 4.39 Å². The van der Waals surface area contributed by atoms with E-state index in [9.17, 15) is 14.6 Å². The lowest BCUT2D eigenvalue weighted by atomic mass is 9.74. The van der Waals surface area contributed by atoms with Crippen molar-refractivity contribution in [3.05, 3.63) is 70.6 Å². The predicted molar refractivity (Wildman–Crippen MR) is 142 cm³/mol. The second-order valence-electron chi connectivity index (χ2n) is 10.0. The third-order valence-corrected chi connectivity index (χ3v) is 8.01. The summed E-state index contributed by atoms with van der Waals surface area (Å²) in [5.41, 5.74) is 2.43. The molecule has 0 amide bonds. The third-order valence-electron chi connectivity index (χ3n) is 7.70. The van der Waals surface area contributed by atoms with Crippen LogP contribution in [0.1, 0.15) is 55.8 Å². The zero-order valence-electron chi connectivity index (χ0n) is 20.9. The number of aryl methyl sites for hydroxylation is 1. The molecule has 5 nitrogen and oxygen atoms in total. The van der Waals surface area contributed by atoms with E-state index < -0.39 is 6.10 Å². The zero-order valence-corrected chi connectivity index (χ0v) is 21.7. The number of hydrogen-bond acceptors (Lipinski definition) is 5. The maximum absolute atomic E-state index is 13.1. The molecule has 2 heterocycles. The van der Waals surface area contributed by atoms with Gasteiger partial charge >= 0.3 is 0 Å². The third kappa shape index (κ3) is 6.54. The molecule has 0 aliphatic carbocycles. The van der Waals surface area contributed by atoms with E-state index in [4.69, 9.17) is 16.3 Å². The molecule has 0 spiro atoms. The van der Waals surface area contributed by atoms with Crippen LogP contribution in [0.25, 0.3) is 10.9 Å². The van der Waals surface area contributed by atoms with E-state index in [-0.39, 0.29) is 17.8 Å². The largest absolute Gasteiger partial charge is 0.497 e. The number of likely N-dealkylation sites (tertiary alicyclic amines) is 1. The highest BCUT2D eigenvalue weighted by molar-refractivity contribution is 6.32. The number of fused-ring (bicyclic) bond motifs is 1. The molecule has 1 fully saturated rings. The van der Waals surface area contributed by atoms with E-state index in [1.807, 2.05) is 30.3 Å². The van der Waals surface area contributed by atoms with Crippen LogP contribution in [-0.2, 0) is 6.42 Å². The minimum Gasteiger partial charge on any atom is -0.497 e. The van der Waals surface area contributed by atoms with Crippen LogP contribution < -0.4 is 4.74 Å². The molecule has 0 radical (unpaired) electrons. The highest BCUT2D eigenvalue weighted by Crippen LogP contribution is 2.40. The van der Waals surface area contributed by atoms with Gasteiger partial charge in [-0.2, -0.15) is 0 Å². The Balaban J connectivity index is 1.29. The monoisotopic (exact) mass is 514 g/mol. The number of nitrogens with zero attached hydrogens (tertiary/aromatic N) is 2. The van der Waals surface area contributed by atoms with Crippen LogP contribution in [0.15, 0.2) is 48.7 Å². The highest BCUT2D eigenvalue weighted by Gasteiger charge is 2.34. The summed E-state index contributed by atoms with van der Waals surface area (Å²) in [6.07, 6.45) is 7.05. The molecular formula is C29H36ClFN2O3. The molecular weight excluding hydrogens is 479 g/mol. The Morgan fingerprint density at radius 1 is 1.14 bits per heavy atom. The van der Waals surface area contributed by atoms with Gasteiger partial charge in [-0.15, -0.1) is 0 Å². The molecule has 1 atom stereocenters. The van der Waals surface area contributed by atoms with E-state index in [2.05, 4.69) is 9.88 Å². The van der Waals surface area contributed by atoms with Crippen molar-refractivity contribution in [2.75, 3.05) is 33.4 Å². The molecule has 1 aromatic heterocycles. The van der Waals surface area contributed by atoms with Gasteiger partial charge in [-0.25, -0.2) is 4.39 Å². The van der Waals surface area contributed by atoms with E-state index in [1.165, 1.54) is 17.7 Å². The molecule has 2 aromatic carbocycles. The lowest BCUT2D eigenvalue weighted by Gasteiger charge is -2.41. The Morgan fingerprint density at radius 3 is 2.58 bits per heavy atom. The fourth-order valence-electron chi connectivity index (χ4n) is 5.27. The Bertz CT molecular complexity index is 1130. The van der Waals surface area contributed by atoms with Gasteiger partial charge in [-0.05, 0) is 106 Å². The molecule has 3 aromatic rings. The number of aromatic nitrogens is 1. The number of aliphatic hydroxyl groups is 2. The van der Waals surface area contributed by atoms with Crippen LogP contribution in [0.5, 0.6) is 5.75 Å². The Kier molecular flexibility index (Phi) is 9.18. The van der Waals surface area contributed by atoms with Crippen LogP contribution in [-0.4, -0.2) is 53.4 Å². The predicted octanol–water partition coefficient (Wildman–Crippen LogP) is 5.95. The summed E-state index contributed by atoms with van der Waals surface area (Å²) in [6, 6.07) is 12.3. The maximum atomic E-state index is 13.1. The SMILES string of the molecule is COc1ccc2ncc(Cl)c(C(O)CCC3(CO)CCN(CCCCc4ccc(F)cc4)CC3)c2c1. The Hall–Kier alpha value is -2.25. The number of unbranched alkanes of at least 4 members (excludes halogenated alkanes) is 1. The maximum Gasteiger partial charge on any atom is 0.123 e. The Labute approximate surface area is 217 Å². The number of benzene rings is 2. The molecule has 0 saturated carbocycles. The van der Waals surface area contributed by atoms with Gasteiger partial charge in [0.15, 0.2) is 0 Å². The van der Waals surface area contributed by atoms with Crippen LogP contribution in [0.2, 0.25) is 5.02 Å². The van der Waals surface area contributed by atoms with Crippen molar-refractivity contribution in [2.45, 2.75) is 51.0 Å². The summed E-state index contributed by atoms with van der Waals surface area (Å²) >= 11 is 6.47. The van der Waals surface area contributed by atoms with Gasteiger partial charge in [-0.1, -0.05) is 23.7 Å². The summed E-state index contributed by atoms with van der Waals surface area (Å²) in [5.74, 6) is 0.501. The number of piperidine rings is 1. The van der Waals surface area contributed by atoms with Gasteiger partial charge in [-0.3, -0.25) is 4.98 Å². The van der Waals surface area contributed by atoms with Crippen molar-refractivity contribution in [1.82, 2.24) is 9.88 Å². The molecule has 1 aliphatic rings. The van der Waals surface area contributed by atoms with Gasteiger partial charge in [0.25, 0.3) is 0 Å². The van der Waals surface area contributed by atoms with Crippen molar-refractivity contribution in [3.8, 4) is 5.75 Å². The highest BCUT2D eigenvalue weighted by atomic mass is 35.5. The van der Waals surface area contributed by atoms with Gasteiger partial charge in [0.05, 0.1) is 23.8 Å². The van der Waals surface area contributed by atoms with E-state index >= 15 is 0 Å². The normalized spacial score (nSPS) is 16.8. The van der Waals surface area contributed by atoms with Crippen molar-refractivity contribution >= 4 is 22.5 Å². The summed E-state index contributed by atoms with van der Waals surface area (Å²) in [5, 5.41) is 22.7. The number of aliphatic hydroxyl groups excluding tert-OH is 2. The van der Waals surface area contributed by atoms with Gasteiger partial charge in [0.1, 0.15) is 11.6 Å². The average Bonchev–Trinajstić information content (AvgIpc) is 2.91. The number of ether oxygens (including phenoxy) is 1. The molecule has 7 heteroatoms. The van der Waals surface area contributed by atoms with Gasteiger partial charge < -0.3 is 19.8 Å². The number of rotatable bonds is 11. The lowest BCUT2D eigenvalue weighted by Crippen LogP contribution is -2.42. The van der Waals surface area contributed by atoms with Crippen molar-refractivity contribution in [3.63, 3.8) is 0 Å². The van der Waals surface area contributed by atoms with Crippen molar-refractivity contribution in [1.29, 1.82) is 0 Å². The second kappa shape index (κ2) is 12.3. The molecule has 194 valence electrons. The minimum absolute atomic E-state index is 0.122. The lowest BCUT2D eigenvalue weighted by molar-refractivity contribution is 0.0233. The standard InChI is InChI=1S/C29H36ClFN2O3/c1-36-23-9-10-26-24(18-23)28(25(30)19-32-26)27(35)11-12-29(20-34)13-16-33(17-14-29)15-3-2-4-21-5-7-22(31)8-6-21/h5-10,18-19,27,34-35H,2-4,11-17,20H2,1H3. The quantitative estimate of drug-likeness (QED) is 0.310. The van der Waals surface area contributed by atoms with Crippen molar-refractivity contribution < 1.29 is 19.3 Å². The van der Waals surface area contributed by atoms with E-state index in [0.717, 1.165) is 69.1 Å². The van der Waals surface area contributed by atoms with Crippen LogP contribution in [0, 0.1) is 11.2 Å². The van der Waals surface area contributed by atoms with Crippen molar-refractivity contribution in [2.24, 2.45) is 5.41 Å². The molecule has 1 unspecified atom stereocenters. The van der Waals surface area contributed by atoms with E-state index in [0.29, 0.717) is 22.8 Å². The Morgan fingerprint density at radius 2 is 1.89 bits per heavy atom. The molecule has 4 rings (SSSR count). The molecule has 1 aliphatic heterocycles. The van der Waals surface area contributed by atoms with Crippen LogP contribution in [0.3, 0.4) is 0 Å². The zero-order chi connectivity index (χ0) is 25.5. The fraction of sp³-hybridized carbons (Fsp3) is 0.483. The average molecular weight is 515 g/mol. The first-order valence-electron chi connectivity index (χ1n) is 12.8. The van der Waals surface area contributed by atoms with Crippen LogP contribution >= 0.6 is 11.6 Å². The van der Waals surface area contributed by atoms with Gasteiger partial charge in [0, 0.05) is 23.8 Å². The minimum atomic E-state index is -0.747. The second-order valence-corrected chi connectivity index (χ2v) is 10.4. The molecule has 0 bridgehead atoms. The number of methoxy groups -OCH3 is 1. The smallest absolute Gasteiger partial charge is 0.123 e.